The molecule has 2 aromatic carbocycles. The molecule has 3 saturated carbocycles. The Kier molecular flexibility index (Phi) is 6.03. The summed E-state index contributed by atoms with van der Waals surface area (Å²) in [6, 6.07) is 9.25. The molecule has 3 aliphatic carbocycles. The second-order valence-corrected chi connectivity index (χ2v) is 9.22. The topological polar surface area (TPSA) is 64.6 Å². The molecule has 1 amide bonds. The SMILES string of the molecule is O=C(COc1ccc(Cl)c(F)c1)CC12CC(NC(=O)Cc3cccc(OC(F)(F)F)c3)(C1)C2. The van der Waals surface area contributed by atoms with Gasteiger partial charge in [0.05, 0.1) is 11.4 Å². The molecule has 2 aromatic rings. The minimum atomic E-state index is -4.80. The van der Waals surface area contributed by atoms with Crippen LogP contribution in [0.4, 0.5) is 17.6 Å². The lowest BCUT2D eigenvalue weighted by atomic mass is 9.38. The lowest BCUT2D eigenvalue weighted by Crippen LogP contribution is -2.75. The maximum absolute atomic E-state index is 13.4. The predicted molar refractivity (Wildman–Crippen MR) is 111 cm³/mol. The summed E-state index contributed by atoms with van der Waals surface area (Å²) in [7, 11) is 0. The Hall–Kier alpha value is -2.81. The van der Waals surface area contributed by atoms with Crippen molar-refractivity contribution in [2.45, 2.75) is 44.0 Å². The van der Waals surface area contributed by atoms with E-state index in [1.165, 1.54) is 30.3 Å². The first-order valence-electron chi connectivity index (χ1n) is 10.2. The highest BCUT2D eigenvalue weighted by Crippen LogP contribution is 2.69. The predicted octanol–water partition coefficient (Wildman–Crippen LogP) is 5.00. The lowest BCUT2D eigenvalue weighted by molar-refractivity contribution is -0.274. The molecule has 10 heteroatoms. The quantitative estimate of drug-likeness (QED) is 0.508. The van der Waals surface area contributed by atoms with Crippen LogP contribution in [-0.2, 0) is 16.0 Å². The van der Waals surface area contributed by atoms with Crippen LogP contribution in [0.25, 0.3) is 0 Å². The minimum absolute atomic E-state index is 0.0303. The molecule has 3 aliphatic rings. The van der Waals surface area contributed by atoms with Gasteiger partial charge < -0.3 is 14.8 Å². The van der Waals surface area contributed by atoms with Crippen molar-refractivity contribution in [1.82, 2.24) is 5.32 Å². The largest absolute Gasteiger partial charge is 0.573 e. The molecular formula is C23H20ClF4NO4. The summed E-state index contributed by atoms with van der Waals surface area (Å²) in [5.74, 6) is -1.20. The van der Waals surface area contributed by atoms with Crippen LogP contribution in [0, 0.1) is 11.2 Å². The molecule has 5 nitrogen and oxygen atoms in total. The first-order chi connectivity index (χ1) is 15.4. The highest BCUT2D eigenvalue weighted by molar-refractivity contribution is 6.30. The fourth-order valence-corrected chi connectivity index (χ4v) is 5.01. The van der Waals surface area contributed by atoms with Crippen molar-refractivity contribution in [3.05, 3.63) is 58.9 Å². The van der Waals surface area contributed by atoms with Crippen molar-refractivity contribution in [3.63, 3.8) is 0 Å². The number of carbonyl (C=O) groups is 2. The Labute approximate surface area is 192 Å². The molecule has 5 rings (SSSR count). The van der Waals surface area contributed by atoms with Crippen molar-refractivity contribution >= 4 is 23.3 Å². The molecule has 33 heavy (non-hydrogen) atoms. The van der Waals surface area contributed by atoms with E-state index in [1.807, 2.05) is 0 Å². The van der Waals surface area contributed by atoms with Gasteiger partial charge in [0, 0.05) is 18.0 Å². The highest BCUT2D eigenvalue weighted by atomic mass is 35.5. The third-order valence-electron chi connectivity index (χ3n) is 5.90. The summed E-state index contributed by atoms with van der Waals surface area (Å²) >= 11 is 5.61. The second-order valence-electron chi connectivity index (χ2n) is 8.81. The molecule has 2 bridgehead atoms. The van der Waals surface area contributed by atoms with E-state index in [2.05, 4.69) is 10.1 Å². The van der Waals surface area contributed by atoms with Crippen LogP contribution in [0.5, 0.6) is 11.5 Å². The van der Waals surface area contributed by atoms with Crippen LogP contribution < -0.4 is 14.8 Å². The Bertz CT molecular complexity index is 1070. The van der Waals surface area contributed by atoms with Gasteiger partial charge in [0.2, 0.25) is 5.91 Å². The van der Waals surface area contributed by atoms with Gasteiger partial charge in [-0.05, 0) is 54.5 Å². The number of benzene rings is 2. The Morgan fingerprint density at radius 2 is 1.79 bits per heavy atom. The summed E-state index contributed by atoms with van der Waals surface area (Å²) in [4.78, 5) is 24.7. The molecule has 1 N–H and O–H groups in total. The van der Waals surface area contributed by atoms with Crippen molar-refractivity contribution in [3.8, 4) is 11.5 Å². The lowest BCUT2D eigenvalue weighted by Gasteiger charge is -2.70. The van der Waals surface area contributed by atoms with E-state index >= 15 is 0 Å². The molecule has 3 fully saturated rings. The maximum atomic E-state index is 13.4. The fraction of sp³-hybridized carbons (Fsp3) is 0.391. The van der Waals surface area contributed by atoms with Crippen LogP contribution in [0.15, 0.2) is 42.5 Å². The van der Waals surface area contributed by atoms with E-state index in [4.69, 9.17) is 16.3 Å². The zero-order valence-electron chi connectivity index (χ0n) is 17.3. The molecule has 176 valence electrons. The molecule has 0 aliphatic heterocycles. The van der Waals surface area contributed by atoms with Gasteiger partial charge in [0.1, 0.15) is 23.9 Å². The number of carbonyl (C=O) groups excluding carboxylic acids is 2. The molecule has 0 spiro atoms. The first kappa shape index (κ1) is 23.4. The van der Waals surface area contributed by atoms with Gasteiger partial charge in [-0.15, -0.1) is 13.2 Å². The molecular weight excluding hydrogens is 466 g/mol. The number of halogens is 5. The van der Waals surface area contributed by atoms with Crippen LogP contribution in [0.3, 0.4) is 0 Å². The summed E-state index contributed by atoms with van der Waals surface area (Å²) in [6.07, 6.45) is -2.60. The number of hydrogen-bond donors (Lipinski definition) is 1. The van der Waals surface area contributed by atoms with Crippen molar-refractivity contribution in [1.29, 1.82) is 0 Å². The van der Waals surface area contributed by atoms with Crippen molar-refractivity contribution in [2.24, 2.45) is 5.41 Å². The van der Waals surface area contributed by atoms with E-state index in [1.54, 1.807) is 6.07 Å². The normalized spacial score (nSPS) is 23.2. The Balaban J connectivity index is 1.21. The number of rotatable bonds is 9. The molecule has 0 atom stereocenters. The smallest absolute Gasteiger partial charge is 0.486 e. The summed E-state index contributed by atoms with van der Waals surface area (Å²) in [6.45, 7) is -0.182. The third kappa shape index (κ3) is 5.58. The van der Waals surface area contributed by atoms with Gasteiger partial charge in [-0.25, -0.2) is 4.39 Å². The van der Waals surface area contributed by atoms with Crippen LogP contribution in [0.1, 0.15) is 31.2 Å². The number of hydrogen-bond acceptors (Lipinski definition) is 4. The monoisotopic (exact) mass is 485 g/mol. The van der Waals surface area contributed by atoms with E-state index in [-0.39, 0.29) is 52.2 Å². The van der Waals surface area contributed by atoms with Gasteiger partial charge in [-0.3, -0.25) is 9.59 Å². The van der Waals surface area contributed by atoms with E-state index in [9.17, 15) is 27.2 Å². The third-order valence-corrected chi connectivity index (χ3v) is 6.21. The average Bonchev–Trinajstić information content (AvgIpc) is 2.65. The van der Waals surface area contributed by atoms with E-state index in [0.29, 0.717) is 31.2 Å². The number of nitrogens with one attached hydrogen (secondary N) is 1. The zero-order chi connectivity index (χ0) is 23.9. The number of ether oxygens (including phenoxy) is 2. The Morgan fingerprint density at radius 1 is 1.06 bits per heavy atom. The van der Waals surface area contributed by atoms with Gasteiger partial charge >= 0.3 is 6.36 Å². The van der Waals surface area contributed by atoms with Gasteiger partial charge in [-0.2, -0.15) is 0 Å². The number of amides is 1. The van der Waals surface area contributed by atoms with Gasteiger partial charge in [0.15, 0.2) is 5.78 Å². The van der Waals surface area contributed by atoms with Crippen molar-refractivity contribution < 1.29 is 36.6 Å². The summed E-state index contributed by atoms with van der Waals surface area (Å²) < 4.78 is 59.7. The summed E-state index contributed by atoms with van der Waals surface area (Å²) in [5, 5.41) is 2.91. The second kappa shape index (κ2) is 8.52. The number of Topliss-reactive ketones (excluding diaryl/α,β-unsaturated/α-hetero) is 1. The maximum Gasteiger partial charge on any atom is 0.573 e. The standard InChI is InChI=1S/C23H20ClF4NO4/c24-18-5-4-16(8-19(18)25)32-10-15(30)9-21-11-22(12-21,13-21)29-20(31)7-14-2-1-3-17(6-14)33-23(26,27)28/h1-6,8H,7,9-13H2,(H,29,31). The van der Waals surface area contributed by atoms with Crippen LogP contribution in [0.2, 0.25) is 5.02 Å². The van der Waals surface area contributed by atoms with Crippen molar-refractivity contribution in [2.75, 3.05) is 6.61 Å². The number of ketones is 1. The van der Waals surface area contributed by atoms with E-state index in [0.717, 1.165) is 6.07 Å². The molecule has 0 unspecified atom stereocenters. The molecule has 0 aromatic heterocycles. The average molecular weight is 486 g/mol. The van der Waals surface area contributed by atoms with Gasteiger partial charge in [0.25, 0.3) is 0 Å². The van der Waals surface area contributed by atoms with Gasteiger partial charge in [-0.1, -0.05) is 23.7 Å². The molecule has 0 saturated heterocycles. The zero-order valence-corrected chi connectivity index (χ0v) is 18.1. The van der Waals surface area contributed by atoms with Crippen LogP contribution in [-0.4, -0.2) is 30.2 Å². The fourth-order valence-electron chi connectivity index (χ4n) is 4.90. The highest BCUT2D eigenvalue weighted by Gasteiger charge is 2.68. The Morgan fingerprint density at radius 3 is 2.45 bits per heavy atom. The minimum Gasteiger partial charge on any atom is -0.486 e. The summed E-state index contributed by atoms with van der Waals surface area (Å²) in [5.41, 5.74) is -0.127. The van der Waals surface area contributed by atoms with E-state index < -0.39 is 12.2 Å². The molecule has 0 radical (unpaired) electrons. The number of alkyl halides is 3. The first-order valence-corrected chi connectivity index (χ1v) is 10.6. The van der Waals surface area contributed by atoms with Crippen LogP contribution >= 0.6 is 11.6 Å². The molecule has 0 heterocycles.